The quantitative estimate of drug-likeness (QED) is 0.438. The van der Waals surface area contributed by atoms with Gasteiger partial charge in [0.1, 0.15) is 0 Å². The van der Waals surface area contributed by atoms with Crippen molar-refractivity contribution in [2.45, 2.75) is 13.8 Å². The van der Waals surface area contributed by atoms with E-state index < -0.39 is 0 Å². The summed E-state index contributed by atoms with van der Waals surface area (Å²) < 4.78 is 1.92. The molecule has 0 N–H and O–H groups in total. The van der Waals surface area contributed by atoms with Crippen molar-refractivity contribution in [3.8, 4) is 22.5 Å². The van der Waals surface area contributed by atoms with Crippen molar-refractivity contribution >= 4 is 16.7 Å². The number of benzene rings is 2. The molecule has 0 saturated carbocycles. The average Bonchev–Trinajstić information content (AvgIpc) is 3.07. The van der Waals surface area contributed by atoms with Gasteiger partial charge in [0.15, 0.2) is 11.3 Å². The lowest BCUT2D eigenvalue weighted by atomic mass is 10.1. The third kappa shape index (κ3) is 2.57. The molecule has 27 heavy (non-hydrogen) atoms. The molecule has 0 aliphatic carbocycles. The average molecular weight is 350 g/mol. The van der Waals surface area contributed by atoms with Crippen LogP contribution < -0.4 is 0 Å². The largest absolute Gasteiger partial charge is 0.232 e. The van der Waals surface area contributed by atoms with Crippen LogP contribution in [0.2, 0.25) is 0 Å². The van der Waals surface area contributed by atoms with Gasteiger partial charge in [-0.25, -0.2) is 14.5 Å². The number of aromatic nitrogens is 4. The first kappa shape index (κ1) is 15.7. The van der Waals surface area contributed by atoms with Gasteiger partial charge in [-0.3, -0.25) is 0 Å². The van der Waals surface area contributed by atoms with E-state index in [1.165, 1.54) is 0 Å². The summed E-state index contributed by atoms with van der Waals surface area (Å²) in [6.07, 6.45) is 0. The Morgan fingerprint density at radius 2 is 1.41 bits per heavy atom. The zero-order valence-corrected chi connectivity index (χ0v) is 15.2. The van der Waals surface area contributed by atoms with Gasteiger partial charge in [0.2, 0.25) is 0 Å². The number of hydrogen-bond acceptors (Lipinski definition) is 3. The second kappa shape index (κ2) is 6.02. The van der Waals surface area contributed by atoms with Gasteiger partial charge in [-0.1, -0.05) is 60.7 Å². The van der Waals surface area contributed by atoms with Gasteiger partial charge in [-0.2, -0.15) is 0 Å². The second-order valence-electron chi connectivity index (χ2n) is 6.77. The standard InChI is InChI=1S/C23H18N4/c1-15-13-16(2)24-22-21(15)23-25-19(17-9-5-3-6-10-17)14-20(27(23)26-22)18-11-7-4-8-12-18/h3-14H,1-2H3. The highest BCUT2D eigenvalue weighted by atomic mass is 15.3. The zero-order valence-electron chi connectivity index (χ0n) is 15.2. The van der Waals surface area contributed by atoms with Crippen LogP contribution in [0.4, 0.5) is 0 Å². The molecule has 0 atom stereocenters. The van der Waals surface area contributed by atoms with Crippen LogP contribution in [0.3, 0.4) is 0 Å². The Morgan fingerprint density at radius 1 is 0.741 bits per heavy atom. The summed E-state index contributed by atoms with van der Waals surface area (Å²) in [5, 5.41) is 5.80. The van der Waals surface area contributed by atoms with Gasteiger partial charge >= 0.3 is 0 Å². The third-order valence-electron chi connectivity index (χ3n) is 4.81. The minimum Gasteiger partial charge on any atom is -0.232 e. The molecule has 130 valence electrons. The lowest BCUT2D eigenvalue weighted by Gasteiger charge is -2.09. The Balaban J connectivity index is 1.93. The normalized spacial score (nSPS) is 11.3. The minimum absolute atomic E-state index is 0.738. The van der Waals surface area contributed by atoms with Crippen LogP contribution in [0.25, 0.3) is 39.2 Å². The molecule has 0 amide bonds. The Hall–Kier alpha value is -3.53. The van der Waals surface area contributed by atoms with E-state index in [1.807, 2.05) is 47.8 Å². The highest BCUT2D eigenvalue weighted by Gasteiger charge is 2.16. The van der Waals surface area contributed by atoms with E-state index in [4.69, 9.17) is 10.1 Å². The Bertz CT molecular complexity index is 1270. The van der Waals surface area contributed by atoms with Gasteiger partial charge in [0, 0.05) is 16.8 Å². The molecule has 0 aliphatic rings. The van der Waals surface area contributed by atoms with Crippen molar-refractivity contribution < 1.29 is 0 Å². The Morgan fingerprint density at radius 3 is 2.11 bits per heavy atom. The van der Waals surface area contributed by atoms with E-state index in [2.05, 4.69) is 48.3 Å². The number of rotatable bonds is 2. The fourth-order valence-electron chi connectivity index (χ4n) is 3.59. The Labute approximate surface area is 157 Å². The van der Waals surface area contributed by atoms with Gasteiger partial charge in [-0.15, -0.1) is 5.10 Å². The van der Waals surface area contributed by atoms with Crippen LogP contribution in [0.1, 0.15) is 11.3 Å². The predicted octanol–water partition coefficient (Wildman–Crippen LogP) is 5.23. The molecule has 0 unspecified atom stereocenters. The van der Waals surface area contributed by atoms with Gasteiger partial charge in [0.05, 0.1) is 16.8 Å². The summed E-state index contributed by atoms with van der Waals surface area (Å²) in [5.41, 5.74) is 7.82. The van der Waals surface area contributed by atoms with Crippen molar-refractivity contribution in [1.82, 2.24) is 19.6 Å². The van der Waals surface area contributed by atoms with Gasteiger partial charge in [0.25, 0.3) is 0 Å². The van der Waals surface area contributed by atoms with Crippen molar-refractivity contribution in [2.75, 3.05) is 0 Å². The number of nitrogens with zero attached hydrogens (tertiary/aromatic N) is 4. The Kier molecular flexibility index (Phi) is 3.50. The van der Waals surface area contributed by atoms with E-state index in [0.717, 1.165) is 50.5 Å². The molecule has 4 nitrogen and oxygen atoms in total. The number of hydrogen-bond donors (Lipinski definition) is 0. The fourth-order valence-corrected chi connectivity index (χ4v) is 3.59. The second-order valence-corrected chi connectivity index (χ2v) is 6.77. The molecule has 4 heteroatoms. The van der Waals surface area contributed by atoms with E-state index in [1.54, 1.807) is 0 Å². The maximum atomic E-state index is 4.97. The van der Waals surface area contributed by atoms with Crippen LogP contribution in [0.15, 0.2) is 72.8 Å². The molecule has 5 aromatic rings. The maximum Gasteiger partial charge on any atom is 0.184 e. The number of pyridine rings is 1. The monoisotopic (exact) mass is 350 g/mol. The molecule has 0 spiro atoms. The lowest BCUT2D eigenvalue weighted by molar-refractivity contribution is 0.956. The summed E-state index contributed by atoms with van der Waals surface area (Å²) >= 11 is 0. The van der Waals surface area contributed by atoms with Crippen molar-refractivity contribution in [3.05, 3.63) is 84.1 Å². The number of fused-ring (bicyclic) bond motifs is 3. The van der Waals surface area contributed by atoms with Crippen LogP contribution in [-0.2, 0) is 0 Å². The van der Waals surface area contributed by atoms with Gasteiger partial charge in [-0.05, 0) is 31.5 Å². The van der Waals surface area contributed by atoms with Crippen molar-refractivity contribution in [1.29, 1.82) is 0 Å². The summed E-state index contributed by atoms with van der Waals surface area (Å²) in [6, 6.07) is 24.8. The van der Waals surface area contributed by atoms with Crippen molar-refractivity contribution in [3.63, 3.8) is 0 Å². The molecule has 3 heterocycles. The first-order chi connectivity index (χ1) is 13.2. The maximum absolute atomic E-state index is 4.97. The van der Waals surface area contributed by atoms with Crippen LogP contribution >= 0.6 is 0 Å². The molecule has 5 rings (SSSR count). The SMILES string of the molecule is Cc1cc(C)c2c(n1)nn1c(-c3ccccc3)cc(-c3ccccc3)nc21. The predicted molar refractivity (Wildman–Crippen MR) is 109 cm³/mol. The fraction of sp³-hybridized carbons (Fsp3) is 0.0870. The highest BCUT2D eigenvalue weighted by molar-refractivity contribution is 5.94. The molecular weight excluding hydrogens is 332 g/mol. The molecule has 0 aliphatic heterocycles. The molecule has 0 radical (unpaired) electrons. The van der Waals surface area contributed by atoms with E-state index in [0.29, 0.717) is 0 Å². The molecule has 0 fully saturated rings. The molecule has 0 saturated heterocycles. The number of aryl methyl sites for hydroxylation is 2. The smallest absolute Gasteiger partial charge is 0.184 e. The summed E-state index contributed by atoms with van der Waals surface area (Å²) in [5.74, 6) is 0. The molecule has 2 aromatic carbocycles. The topological polar surface area (TPSA) is 43.1 Å². The molecule has 0 bridgehead atoms. The van der Waals surface area contributed by atoms with E-state index in [9.17, 15) is 0 Å². The first-order valence-electron chi connectivity index (χ1n) is 8.99. The molecular formula is C23H18N4. The van der Waals surface area contributed by atoms with Gasteiger partial charge < -0.3 is 0 Å². The van der Waals surface area contributed by atoms with E-state index in [-0.39, 0.29) is 0 Å². The third-order valence-corrected chi connectivity index (χ3v) is 4.81. The molecule has 3 aromatic heterocycles. The summed E-state index contributed by atoms with van der Waals surface area (Å²) in [7, 11) is 0. The lowest BCUT2D eigenvalue weighted by Crippen LogP contribution is -1.98. The van der Waals surface area contributed by atoms with E-state index >= 15 is 0 Å². The zero-order chi connectivity index (χ0) is 18.4. The van der Waals surface area contributed by atoms with Crippen LogP contribution in [-0.4, -0.2) is 19.6 Å². The minimum atomic E-state index is 0.738. The van der Waals surface area contributed by atoms with Crippen LogP contribution in [0.5, 0.6) is 0 Å². The van der Waals surface area contributed by atoms with Crippen molar-refractivity contribution in [2.24, 2.45) is 0 Å². The first-order valence-corrected chi connectivity index (χ1v) is 8.99. The summed E-state index contributed by atoms with van der Waals surface area (Å²) in [6.45, 7) is 4.09. The summed E-state index contributed by atoms with van der Waals surface area (Å²) in [4.78, 5) is 9.61. The van der Waals surface area contributed by atoms with Crippen LogP contribution in [0, 0.1) is 13.8 Å². The highest BCUT2D eigenvalue weighted by Crippen LogP contribution is 2.30.